The molecular weight excluding hydrogens is 471 g/mol. The molecule has 0 bridgehead atoms. The first-order valence-electron chi connectivity index (χ1n) is 8.23. The van der Waals surface area contributed by atoms with Crippen LogP contribution in [0.4, 0.5) is 0 Å². The topological polar surface area (TPSA) is 234 Å². The Balaban J connectivity index is 3.35. The van der Waals surface area contributed by atoms with E-state index in [4.69, 9.17) is 15.3 Å². The fourth-order valence-electron chi connectivity index (χ4n) is 3.02. The lowest BCUT2D eigenvalue weighted by Crippen LogP contribution is -2.40. The predicted octanol–water partition coefficient (Wildman–Crippen LogP) is -1.28. The van der Waals surface area contributed by atoms with Crippen molar-refractivity contribution in [3.05, 3.63) is 0 Å². The molecule has 18 heteroatoms. The molecule has 0 unspecified atom stereocenters. The van der Waals surface area contributed by atoms with Crippen molar-refractivity contribution in [3.8, 4) is 0 Å². The number of hydrogen-bond acceptors (Lipinski definition) is 9. The number of nitrogens with zero attached hydrogens (tertiary/aromatic N) is 3. The van der Waals surface area contributed by atoms with Crippen LogP contribution < -0.4 is 0 Å². The number of carboxylic acid groups (broad SMARTS) is 3. The molecule has 0 saturated carbocycles. The first-order valence-corrected chi connectivity index (χ1v) is 14.3. The second-order valence-electron chi connectivity index (χ2n) is 7.06. The van der Waals surface area contributed by atoms with E-state index < -0.39 is 97.4 Å². The van der Waals surface area contributed by atoms with E-state index in [2.05, 4.69) is 0 Å². The molecule has 0 spiro atoms. The molecule has 1 aliphatic heterocycles. The number of rotatable bonds is 6. The number of carboxylic acids is 3. The van der Waals surface area contributed by atoms with Gasteiger partial charge in [-0.3, -0.25) is 42.8 Å². The van der Waals surface area contributed by atoms with Crippen LogP contribution in [0.15, 0.2) is 0 Å². The second kappa shape index (κ2) is 10.4. The number of carbonyl (C=O) groups is 3. The molecule has 174 valence electrons. The zero-order valence-electron chi connectivity index (χ0n) is 15.7. The van der Waals surface area contributed by atoms with Gasteiger partial charge < -0.3 is 30.0 Å². The van der Waals surface area contributed by atoms with E-state index in [1.54, 1.807) is 0 Å². The van der Waals surface area contributed by atoms with Gasteiger partial charge >= 0.3 is 17.9 Å². The Morgan fingerprint density at radius 1 is 0.533 bits per heavy atom. The van der Waals surface area contributed by atoms with Crippen LogP contribution in [-0.4, -0.2) is 120 Å². The third-order valence-electron chi connectivity index (χ3n) is 3.60. The summed E-state index contributed by atoms with van der Waals surface area (Å²) >= 11 is 0. The molecule has 1 rings (SSSR count). The highest BCUT2D eigenvalue weighted by Gasteiger charge is 2.37. The maximum Gasteiger partial charge on any atom is 0.317 e. The number of hydrogen-bond donors (Lipinski definition) is 6. The summed E-state index contributed by atoms with van der Waals surface area (Å²) < 4.78 is 37.6. The summed E-state index contributed by atoms with van der Waals surface area (Å²) in [7, 11) is -13.1. The summed E-state index contributed by atoms with van der Waals surface area (Å²) in [5.41, 5.74) is 0. The molecule has 0 amide bonds. The van der Waals surface area contributed by atoms with E-state index in [0.717, 1.165) is 14.7 Å². The Bertz CT molecular complexity index is 685. The highest BCUT2D eigenvalue weighted by atomic mass is 31.2. The molecule has 0 aliphatic carbocycles. The van der Waals surface area contributed by atoms with Gasteiger partial charge in [-0.2, -0.15) is 0 Å². The van der Waals surface area contributed by atoms with Gasteiger partial charge in [0.25, 0.3) is 0 Å². The summed E-state index contributed by atoms with van der Waals surface area (Å²) in [5.74, 6) is -4.40. The van der Waals surface area contributed by atoms with Gasteiger partial charge in [0.15, 0.2) is 0 Å². The smallest absolute Gasteiger partial charge is 0.317 e. The molecule has 0 aromatic rings. The largest absolute Gasteiger partial charge is 0.480 e. The third-order valence-corrected chi connectivity index (χ3v) is 8.65. The predicted molar refractivity (Wildman–Crippen MR) is 102 cm³/mol. The van der Waals surface area contributed by atoms with Gasteiger partial charge in [0, 0.05) is 0 Å². The van der Waals surface area contributed by atoms with E-state index in [-0.39, 0.29) is 0 Å². The summed E-state index contributed by atoms with van der Waals surface area (Å²) in [6, 6.07) is 0. The maximum absolute atomic E-state index is 12.5. The van der Waals surface area contributed by atoms with E-state index >= 15 is 0 Å². The van der Waals surface area contributed by atoms with Crippen molar-refractivity contribution in [2.45, 2.75) is 0 Å². The van der Waals surface area contributed by atoms with Gasteiger partial charge in [-0.25, -0.2) is 0 Å². The Hall–Kier alpha value is -1.14. The Morgan fingerprint density at radius 2 is 0.700 bits per heavy atom. The van der Waals surface area contributed by atoms with Crippen LogP contribution in [0.25, 0.3) is 0 Å². The van der Waals surface area contributed by atoms with E-state index in [9.17, 15) is 42.8 Å². The van der Waals surface area contributed by atoms with E-state index in [1.807, 2.05) is 0 Å². The molecule has 1 fully saturated rings. The zero-order chi connectivity index (χ0) is 23.3. The molecular formula is C12H24N3O12P3. The van der Waals surface area contributed by atoms with Gasteiger partial charge in [-0.15, -0.1) is 0 Å². The lowest BCUT2D eigenvalue weighted by atomic mass is 10.6. The molecule has 1 heterocycles. The van der Waals surface area contributed by atoms with Crippen LogP contribution >= 0.6 is 22.1 Å². The van der Waals surface area contributed by atoms with Crippen LogP contribution in [-0.2, 0) is 28.1 Å². The summed E-state index contributed by atoms with van der Waals surface area (Å²) in [4.78, 5) is 65.9. The first-order chi connectivity index (χ1) is 13.5. The molecule has 0 aromatic carbocycles. The average Bonchev–Trinajstić information content (AvgIpc) is 2.39. The highest BCUT2D eigenvalue weighted by molar-refractivity contribution is 7.59. The minimum atomic E-state index is -4.36. The second-order valence-corrected chi connectivity index (χ2v) is 13.8. The van der Waals surface area contributed by atoms with Crippen LogP contribution in [0.3, 0.4) is 0 Å². The van der Waals surface area contributed by atoms with Gasteiger partial charge in [-0.05, 0) is 0 Å². The monoisotopic (exact) mass is 495 g/mol. The normalized spacial score (nSPS) is 33.3. The van der Waals surface area contributed by atoms with Gasteiger partial charge in [0.1, 0.15) is 0 Å². The van der Waals surface area contributed by atoms with Crippen molar-refractivity contribution in [2.24, 2.45) is 0 Å². The molecule has 0 aromatic heterocycles. The van der Waals surface area contributed by atoms with Crippen molar-refractivity contribution >= 4 is 40.0 Å². The van der Waals surface area contributed by atoms with Crippen LogP contribution in [0, 0.1) is 0 Å². The van der Waals surface area contributed by atoms with Gasteiger partial charge in [0.2, 0.25) is 22.1 Å². The minimum absolute atomic E-state index is 0.724. The standard InChI is InChI=1S/C12H24N3O12P3/c16-10(17)1-13-4-28(22,23)6-14(2-11(18)19)8-30(26,27)9-15(3-12(20)21)7-29(24,25)5-13/h1-9H2,(H,16,17)(H,18,19)(H,20,21)(H,22,23)(H,24,25)(H,26,27). The zero-order valence-corrected chi connectivity index (χ0v) is 18.4. The molecule has 1 saturated heterocycles. The summed E-state index contributed by atoms with van der Waals surface area (Å²) in [5, 5.41) is 26.9. The Labute approximate surface area is 170 Å². The summed E-state index contributed by atoms with van der Waals surface area (Å²) in [6.45, 7) is -2.65. The van der Waals surface area contributed by atoms with E-state index in [1.165, 1.54) is 0 Å². The van der Waals surface area contributed by atoms with Gasteiger partial charge in [0.05, 0.1) is 57.3 Å². The Morgan fingerprint density at radius 3 is 0.833 bits per heavy atom. The number of aliphatic carboxylic acids is 3. The van der Waals surface area contributed by atoms with Gasteiger partial charge in [-0.1, -0.05) is 0 Å². The van der Waals surface area contributed by atoms with Crippen molar-refractivity contribution < 1.29 is 58.1 Å². The lowest BCUT2D eigenvalue weighted by molar-refractivity contribution is -0.138. The molecule has 6 N–H and O–H groups in total. The van der Waals surface area contributed by atoms with Crippen LogP contribution in [0.2, 0.25) is 0 Å². The van der Waals surface area contributed by atoms with E-state index in [0.29, 0.717) is 0 Å². The molecule has 30 heavy (non-hydrogen) atoms. The van der Waals surface area contributed by atoms with Crippen molar-refractivity contribution in [2.75, 3.05) is 57.3 Å². The SMILES string of the molecule is O=C(O)CN1CP(=O)(O)CN(CC(=O)O)CP(=O)(O)CN(CC(=O)O)CP(=O)(O)C1. The van der Waals surface area contributed by atoms with Crippen molar-refractivity contribution in [3.63, 3.8) is 0 Å². The average molecular weight is 495 g/mol. The highest BCUT2D eigenvalue weighted by Crippen LogP contribution is 2.51. The fourth-order valence-corrected chi connectivity index (χ4v) is 8.71. The molecule has 1 aliphatic rings. The lowest BCUT2D eigenvalue weighted by Gasteiger charge is -2.33. The minimum Gasteiger partial charge on any atom is -0.480 e. The Kier molecular flexibility index (Phi) is 9.37. The maximum atomic E-state index is 12.5. The molecule has 0 radical (unpaired) electrons. The van der Waals surface area contributed by atoms with Crippen LogP contribution in [0.1, 0.15) is 0 Å². The van der Waals surface area contributed by atoms with Crippen molar-refractivity contribution in [1.82, 2.24) is 14.7 Å². The quantitative estimate of drug-likeness (QED) is 0.235. The fraction of sp³-hybridized carbons (Fsp3) is 0.750. The third kappa shape index (κ3) is 10.8. The summed E-state index contributed by atoms with van der Waals surface area (Å²) in [6.07, 6.45) is -5.37. The molecule has 15 nitrogen and oxygen atoms in total. The van der Waals surface area contributed by atoms with Crippen molar-refractivity contribution in [1.29, 1.82) is 0 Å². The van der Waals surface area contributed by atoms with Crippen LogP contribution in [0.5, 0.6) is 0 Å². The first kappa shape index (κ1) is 26.9. The molecule has 0 atom stereocenters.